The third-order valence-corrected chi connectivity index (χ3v) is 3.89. The second-order valence-corrected chi connectivity index (χ2v) is 5.68. The van der Waals surface area contributed by atoms with Gasteiger partial charge in [-0.2, -0.15) is 0 Å². The van der Waals surface area contributed by atoms with Crippen molar-refractivity contribution in [1.29, 1.82) is 0 Å². The Morgan fingerprint density at radius 1 is 0.840 bits per heavy atom. The molecule has 0 saturated heterocycles. The fraction of sp³-hybridized carbons (Fsp3) is 0.118. The molecule has 2 amide bonds. The highest BCUT2D eigenvalue weighted by molar-refractivity contribution is 9.10. The Morgan fingerprint density at radius 2 is 1.36 bits per heavy atom. The van der Waals surface area contributed by atoms with Crippen LogP contribution in [0.2, 0.25) is 0 Å². The average molecular weight is 407 g/mol. The van der Waals surface area contributed by atoms with Gasteiger partial charge in [0.25, 0.3) is 11.8 Å². The Bertz CT molecular complexity index is 805. The van der Waals surface area contributed by atoms with E-state index in [4.69, 9.17) is 4.74 Å². The molecule has 0 bridgehead atoms. The van der Waals surface area contributed by atoms with Crippen LogP contribution in [-0.4, -0.2) is 32.0 Å². The number of rotatable bonds is 4. The molecule has 2 rings (SSSR count). The van der Waals surface area contributed by atoms with Gasteiger partial charge < -0.3 is 9.47 Å². The Hall–Kier alpha value is -2.87. The third-order valence-electron chi connectivity index (χ3n) is 3.27. The Labute approximate surface area is 152 Å². The Kier molecular flexibility index (Phi) is 6.13. The lowest BCUT2D eigenvalue weighted by atomic mass is 10.1. The standard InChI is InChI=1S/C17H15BrN2O5/c1-24-14-8-7-12(9-13(14)18)16(22)20-19-15(21)10-3-5-11(6-4-10)17(23)25-2/h3-9H,1-2H3,(H,19,21)(H,20,22). The first-order valence-electron chi connectivity index (χ1n) is 7.09. The van der Waals surface area contributed by atoms with Gasteiger partial charge in [-0.15, -0.1) is 0 Å². The van der Waals surface area contributed by atoms with Crippen LogP contribution in [-0.2, 0) is 4.74 Å². The second-order valence-electron chi connectivity index (χ2n) is 4.83. The lowest BCUT2D eigenvalue weighted by Gasteiger charge is -2.09. The Morgan fingerprint density at radius 3 is 1.88 bits per heavy atom. The minimum Gasteiger partial charge on any atom is -0.496 e. The molecule has 25 heavy (non-hydrogen) atoms. The van der Waals surface area contributed by atoms with E-state index in [2.05, 4.69) is 31.5 Å². The number of esters is 1. The summed E-state index contributed by atoms with van der Waals surface area (Å²) in [6.07, 6.45) is 0. The van der Waals surface area contributed by atoms with Crippen LogP contribution in [0.5, 0.6) is 5.75 Å². The number of hydrogen-bond donors (Lipinski definition) is 2. The molecule has 0 atom stereocenters. The number of carbonyl (C=O) groups is 3. The maximum Gasteiger partial charge on any atom is 0.337 e. The van der Waals surface area contributed by atoms with Crippen molar-refractivity contribution < 1.29 is 23.9 Å². The molecule has 0 aliphatic carbocycles. The minimum absolute atomic E-state index is 0.281. The highest BCUT2D eigenvalue weighted by Gasteiger charge is 2.12. The molecule has 2 N–H and O–H groups in total. The number of halogens is 1. The highest BCUT2D eigenvalue weighted by atomic mass is 79.9. The van der Waals surface area contributed by atoms with Crippen LogP contribution in [0.1, 0.15) is 31.1 Å². The maximum absolute atomic E-state index is 12.1. The molecule has 0 fully saturated rings. The van der Waals surface area contributed by atoms with Crippen LogP contribution in [0, 0.1) is 0 Å². The van der Waals surface area contributed by atoms with Crippen LogP contribution in [0.3, 0.4) is 0 Å². The van der Waals surface area contributed by atoms with E-state index in [1.807, 2.05) is 0 Å². The van der Waals surface area contributed by atoms with Crippen molar-refractivity contribution in [3.05, 3.63) is 63.6 Å². The smallest absolute Gasteiger partial charge is 0.337 e. The second kappa shape index (κ2) is 8.29. The van der Waals surface area contributed by atoms with E-state index in [1.165, 1.54) is 38.5 Å². The Balaban J connectivity index is 1.98. The van der Waals surface area contributed by atoms with Gasteiger partial charge in [-0.1, -0.05) is 0 Å². The summed E-state index contributed by atoms with van der Waals surface area (Å²) in [7, 11) is 2.79. The monoisotopic (exact) mass is 406 g/mol. The van der Waals surface area contributed by atoms with E-state index in [-0.39, 0.29) is 5.56 Å². The fourth-order valence-corrected chi connectivity index (χ4v) is 2.48. The van der Waals surface area contributed by atoms with Gasteiger partial charge in [0.1, 0.15) is 5.75 Å². The molecule has 0 aromatic heterocycles. The number of nitrogens with one attached hydrogen (secondary N) is 2. The largest absolute Gasteiger partial charge is 0.496 e. The van der Waals surface area contributed by atoms with Crippen LogP contribution >= 0.6 is 15.9 Å². The van der Waals surface area contributed by atoms with E-state index >= 15 is 0 Å². The molecule has 2 aromatic rings. The third kappa shape index (κ3) is 4.57. The normalized spacial score (nSPS) is 9.88. The van der Waals surface area contributed by atoms with Crippen molar-refractivity contribution in [3.8, 4) is 5.75 Å². The summed E-state index contributed by atoms with van der Waals surface area (Å²) in [5.74, 6) is -0.906. The molecular formula is C17H15BrN2O5. The zero-order valence-corrected chi connectivity index (χ0v) is 15.0. The van der Waals surface area contributed by atoms with Crippen LogP contribution in [0.25, 0.3) is 0 Å². The predicted molar refractivity (Wildman–Crippen MR) is 93.4 cm³/mol. The minimum atomic E-state index is -0.516. The molecule has 0 unspecified atom stereocenters. The van der Waals surface area contributed by atoms with Crippen molar-refractivity contribution in [2.45, 2.75) is 0 Å². The van der Waals surface area contributed by atoms with Crippen molar-refractivity contribution in [3.63, 3.8) is 0 Å². The van der Waals surface area contributed by atoms with Crippen LogP contribution in [0.15, 0.2) is 46.9 Å². The summed E-state index contributed by atoms with van der Waals surface area (Å²) in [6.45, 7) is 0. The first-order chi connectivity index (χ1) is 12.0. The average Bonchev–Trinajstić information content (AvgIpc) is 2.65. The van der Waals surface area contributed by atoms with Crippen molar-refractivity contribution >= 4 is 33.7 Å². The fourth-order valence-electron chi connectivity index (χ4n) is 1.94. The molecule has 0 aliphatic heterocycles. The zero-order chi connectivity index (χ0) is 18.4. The first-order valence-corrected chi connectivity index (χ1v) is 7.88. The number of methoxy groups -OCH3 is 2. The van der Waals surface area contributed by atoms with E-state index in [9.17, 15) is 14.4 Å². The van der Waals surface area contributed by atoms with Gasteiger partial charge in [0.05, 0.1) is 24.3 Å². The van der Waals surface area contributed by atoms with Gasteiger partial charge in [-0.3, -0.25) is 20.4 Å². The number of ether oxygens (including phenoxy) is 2. The summed E-state index contributed by atoms with van der Waals surface area (Å²) in [6, 6.07) is 10.6. The van der Waals surface area contributed by atoms with Crippen LogP contribution < -0.4 is 15.6 Å². The van der Waals surface area contributed by atoms with Gasteiger partial charge in [0.15, 0.2) is 0 Å². The molecule has 0 heterocycles. The van der Waals surface area contributed by atoms with Crippen LogP contribution in [0.4, 0.5) is 0 Å². The quantitative estimate of drug-likeness (QED) is 0.600. The van der Waals surface area contributed by atoms with Gasteiger partial charge in [-0.25, -0.2) is 4.79 Å². The van der Waals surface area contributed by atoms with Crippen molar-refractivity contribution in [2.75, 3.05) is 14.2 Å². The number of hydrogen-bond acceptors (Lipinski definition) is 5. The highest BCUT2D eigenvalue weighted by Crippen LogP contribution is 2.25. The van der Waals surface area contributed by atoms with Gasteiger partial charge in [0.2, 0.25) is 0 Å². The molecular weight excluding hydrogens is 392 g/mol. The molecule has 130 valence electrons. The SMILES string of the molecule is COC(=O)c1ccc(C(=O)NNC(=O)c2ccc(OC)c(Br)c2)cc1. The van der Waals surface area contributed by atoms with E-state index < -0.39 is 17.8 Å². The van der Waals surface area contributed by atoms with Gasteiger partial charge >= 0.3 is 5.97 Å². The summed E-state index contributed by atoms with van der Waals surface area (Å²) in [5, 5.41) is 0. The lowest BCUT2D eigenvalue weighted by Crippen LogP contribution is -2.41. The number of amides is 2. The lowest BCUT2D eigenvalue weighted by molar-refractivity contribution is 0.0600. The van der Waals surface area contributed by atoms with Gasteiger partial charge in [0, 0.05) is 11.1 Å². The number of carbonyl (C=O) groups excluding carboxylic acids is 3. The van der Waals surface area contributed by atoms with Crippen molar-refractivity contribution in [1.82, 2.24) is 10.9 Å². The first kappa shape index (κ1) is 18.5. The summed E-state index contributed by atoms with van der Waals surface area (Å²) in [5.41, 5.74) is 5.57. The zero-order valence-electron chi connectivity index (χ0n) is 13.5. The molecule has 0 spiro atoms. The van der Waals surface area contributed by atoms with E-state index in [1.54, 1.807) is 18.2 Å². The molecule has 0 radical (unpaired) electrons. The molecule has 2 aromatic carbocycles. The summed E-state index contributed by atoms with van der Waals surface area (Å²) >= 11 is 3.29. The van der Waals surface area contributed by atoms with Gasteiger partial charge in [-0.05, 0) is 58.4 Å². The van der Waals surface area contributed by atoms with Crippen molar-refractivity contribution in [2.24, 2.45) is 0 Å². The molecule has 0 aliphatic rings. The number of benzene rings is 2. The molecule has 0 saturated carbocycles. The predicted octanol–water partition coefficient (Wildman–Crippen LogP) is 2.32. The number of hydrazine groups is 1. The molecule has 7 nitrogen and oxygen atoms in total. The summed E-state index contributed by atoms with van der Waals surface area (Å²) in [4.78, 5) is 35.4. The maximum atomic E-state index is 12.1. The molecule has 8 heteroatoms. The van der Waals surface area contributed by atoms with E-state index in [0.29, 0.717) is 21.3 Å². The van der Waals surface area contributed by atoms with E-state index in [0.717, 1.165) is 0 Å². The topological polar surface area (TPSA) is 93.7 Å². The summed E-state index contributed by atoms with van der Waals surface area (Å²) < 4.78 is 10.3.